The van der Waals surface area contributed by atoms with Crippen LogP contribution >= 0.6 is 11.3 Å². The van der Waals surface area contributed by atoms with E-state index in [0.717, 1.165) is 0 Å². The molecule has 0 aliphatic heterocycles. The summed E-state index contributed by atoms with van der Waals surface area (Å²) in [5, 5.41) is 0. The highest BCUT2D eigenvalue weighted by molar-refractivity contribution is 7.09. The van der Waals surface area contributed by atoms with Crippen LogP contribution < -0.4 is 5.73 Å². The van der Waals surface area contributed by atoms with Gasteiger partial charge in [-0.1, -0.05) is 0 Å². The Morgan fingerprint density at radius 3 is 2.50 bits per heavy atom. The van der Waals surface area contributed by atoms with Crippen molar-refractivity contribution < 1.29 is 0 Å². The average molecular weight is 180 g/mol. The predicted molar refractivity (Wildman–Crippen MR) is 49.2 cm³/mol. The summed E-state index contributed by atoms with van der Waals surface area (Å²) in [6.45, 7) is 0. The Kier molecular flexibility index (Phi) is 1.12. The lowest BCUT2D eigenvalue weighted by Gasteiger charge is -2.20. The summed E-state index contributed by atoms with van der Waals surface area (Å²) in [7, 11) is 0. The number of hydrogen-bond acceptors (Lipinski definition) is 3. The van der Waals surface area contributed by atoms with Crippen molar-refractivity contribution in [1.82, 2.24) is 4.98 Å². The van der Waals surface area contributed by atoms with E-state index in [0.29, 0.717) is 5.41 Å². The molecule has 2 saturated carbocycles. The highest BCUT2D eigenvalue weighted by Gasteiger charge is 2.64. The highest BCUT2D eigenvalue weighted by Crippen LogP contribution is 2.64. The molecule has 64 valence electrons. The number of aromatic nitrogens is 1. The summed E-state index contributed by atoms with van der Waals surface area (Å²) in [5.74, 6) is 0. The number of thiazole rings is 1. The maximum absolute atomic E-state index is 6.26. The molecule has 0 radical (unpaired) electrons. The van der Waals surface area contributed by atoms with Crippen LogP contribution in [-0.4, -0.2) is 10.5 Å². The molecule has 0 unspecified atom stereocenters. The lowest BCUT2D eigenvalue weighted by Crippen LogP contribution is -2.36. The summed E-state index contributed by atoms with van der Waals surface area (Å²) in [6.07, 6.45) is 7.00. The standard InChI is InChI=1S/C9H12N2S/c10-9(3-4-9)8(1-2-8)7-5-11-6-12-7/h5-6H,1-4,10H2. The fourth-order valence-electron chi connectivity index (χ4n) is 2.18. The zero-order chi connectivity index (χ0) is 8.23. The third-order valence-corrected chi connectivity index (χ3v) is 4.37. The van der Waals surface area contributed by atoms with Crippen molar-refractivity contribution in [2.75, 3.05) is 0 Å². The molecule has 0 saturated heterocycles. The van der Waals surface area contributed by atoms with Crippen LogP contribution in [0.15, 0.2) is 11.7 Å². The molecule has 3 heteroatoms. The third kappa shape index (κ3) is 0.709. The van der Waals surface area contributed by atoms with Gasteiger partial charge in [0.2, 0.25) is 0 Å². The van der Waals surface area contributed by atoms with Crippen molar-refractivity contribution >= 4 is 11.3 Å². The Morgan fingerprint density at radius 1 is 1.33 bits per heavy atom. The number of rotatable bonds is 2. The first-order valence-electron chi connectivity index (χ1n) is 4.45. The Balaban J connectivity index is 2.02. The fraction of sp³-hybridized carbons (Fsp3) is 0.667. The number of nitrogens with two attached hydrogens (primary N) is 1. The molecular formula is C9H12N2S. The largest absolute Gasteiger partial charge is 0.324 e. The van der Waals surface area contributed by atoms with E-state index in [2.05, 4.69) is 4.98 Å². The van der Waals surface area contributed by atoms with Gasteiger partial charge in [-0.3, -0.25) is 4.98 Å². The molecule has 2 fully saturated rings. The van der Waals surface area contributed by atoms with Gasteiger partial charge in [-0.15, -0.1) is 11.3 Å². The van der Waals surface area contributed by atoms with Crippen molar-refractivity contribution in [3.63, 3.8) is 0 Å². The average Bonchev–Trinajstić information content (AvgIpc) is 2.96. The first-order chi connectivity index (χ1) is 5.77. The lowest BCUT2D eigenvalue weighted by atomic mass is 9.93. The first-order valence-corrected chi connectivity index (χ1v) is 5.33. The second-order valence-corrected chi connectivity index (χ2v) is 4.99. The van der Waals surface area contributed by atoms with Gasteiger partial charge < -0.3 is 5.73 Å². The molecule has 2 N–H and O–H groups in total. The van der Waals surface area contributed by atoms with E-state index in [4.69, 9.17) is 5.73 Å². The molecule has 0 aromatic carbocycles. The van der Waals surface area contributed by atoms with E-state index >= 15 is 0 Å². The molecule has 0 bridgehead atoms. The summed E-state index contributed by atoms with van der Waals surface area (Å²) >= 11 is 1.77. The smallest absolute Gasteiger partial charge is 0.0794 e. The van der Waals surface area contributed by atoms with Crippen molar-refractivity contribution in [2.24, 2.45) is 5.73 Å². The van der Waals surface area contributed by atoms with E-state index in [1.807, 2.05) is 11.7 Å². The van der Waals surface area contributed by atoms with Gasteiger partial charge in [0.1, 0.15) is 0 Å². The Bertz CT molecular complexity index is 296. The van der Waals surface area contributed by atoms with Gasteiger partial charge in [-0.05, 0) is 25.7 Å². The van der Waals surface area contributed by atoms with Gasteiger partial charge in [0.05, 0.1) is 5.51 Å². The minimum absolute atomic E-state index is 0.152. The molecule has 1 aromatic rings. The summed E-state index contributed by atoms with van der Waals surface area (Å²) < 4.78 is 0. The quantitative estimate of drug-likeness (QED) is 0.752. The van der Waals surface area contributed by atoms with Gasteiger partial charge in [0.15, 0.2) is 0 Å². The number of nitrogens with zero attached hydrogens (tertiary/aromatic N) is 1. The summed E-state index contributed by atoms with van der Waals surface area (Å²) in [6, 6.07) is 0. The van der Waals surface area contributed by atoms with E-state index < -0.39 is 0 Å². The molecule has 3 rings (SSSR count). The highest BCUT2D eigenvalue weighted by atomic mass is 32.1. The van der Waals surface area contributed by atoms with Gasteiger partial charge in [0.25, 0.3) is 0 Å². The Labute approximate surface area is 75.8 Å². The molecule has 2 aliphatic rings. The van der Waals surface area contributed by atoms with Crippen LogP contribution in [0.1, 0.15) is 30.6 Å². The van der Waals surface area contributed by atoms with Crippen molar-refractivity contribution in [2.45, 2.75) is 36.6 Å². The van der Waals surface area contributed by atoms with Gasteiger partial charge in [-0.25, -0.2) is 0 Å². The van der Waals surface area contributed by atoms with Crippen LogP contribution in [0, 0.1) is 0 Å². The van der Waals surface area contributed by atoms with Gasteiger partial charge in [0, 0.05) is 22.0 Å². The maximum Gasteiger partial charge on any atom is 0.0794 e. The third-order valence-electron chi connectivity index (χ3n) is 3.40. The normalized spacial score (nSPS) is 28.4. The Hall–Kier alpha value is -0.410. The van der Waals surface area contributed by atoms with Crippen molar-refractivity contribution in [3.8, 4) is 0 Å². The lowest BCUT2D eigenvalue weighted by molar-refractivity contribution is 0.510. The van der Waals surface area contributed by atoms with Gasteiger partial charge >= 0.3 is 0 Å². The van der Waals surface area contributed by atoms with Gasteiger partial charge in [-0.2, -0.15) is 0 Å². The van der Waals surface area contributed by atoms with E-state index in [1.54, 1.807) is 11.3 Å². The minimum atomic E-state index is 0.152. The minimum Gasteiger partial charge on any atom is -0.324 e. The predicted octanol–water partition coefficient (Wildman–Crippen LogP) is 1.67. The SMILES string of the molecule is NC1(C2(c3cncs3)CC2)CC1. The van der Waals surface area contributed by atoms with E-state index in [9.17, 15) is 0 Å². The molecule has 1 aromatic heterocycles. The topological polar surface area (TPSA) is 38.9 Å². The van der Waals surface area contributed by atoms with Crippen LogP contribution in [0.5, 0.6) is 0 Å². The molecule has 1 heterocycles. The monoisotopic (exact) mass is 180 g/mol. The first kappa shape index (κ1) is 7.04. The summed E-state index contributed by atoms with van der Waals surface area (Å²) in [5.41, 5.74) is 8.68. The number of hydrogen-bond donors (Lipinski definition) is 1. The molecule has 2 nitrogen and oxygen atoms in total. The molecule has 2 aliphatic carbocycles. The maximum atomic E-state index is 6.26. The summed E-state index contributed by atoms with van der Waals surface area (Å²) in [4.78, 5) is 5.55. The van der Waals surface area contributed by atoms with E-state index in [1.165, 1.54) is 30.6 Å². The molecule has 0 spiro atoms. The zero-order valence-corrected chi connectivity index (χ0v) is 7.73. The van der Waals surface area contributed by atoms with Crippen LogP contribution in [0.3, 0.4) is 0 Å². The molecule has 0 amide bonds. The second kappa shape index (κ2) is 1.91. The Morgan fingerprint density at radius 2 is 2.08 bits per heavy atom. The van der Waals surface area contributed by atoms with Crippen LogP contribution in [0.25, 0.3) is 0 Å². The molecular weight excluding hydrogens is 168 g/mol. The van der Waals surface area contributed by atoms with Crippen LogP contribution in [-0.2, 0) is 5.41 Å². The fourth-order valence-corrected chi connectivity index (χ4v) is 3.17. The van der Waals surface area contributed by atoms with Crippen molar-refractivity contribution in [1.29, 1.82) is 0 Å². The second-order valence-electron chi connectivity index (χ2n) is 4.10. The molecule has 0 atom stereocenters. The van der Waals surface area contributed by atoms with E-state index in [-0.39, 0.29) is 5.54 Å². The van der Waals surface area contributed by atoms with Crippen molar-refractivity contribution in [3.05, 3.63) is 16.6 Å². The van der Waals surface area contributed by atoms with Crippen LogP contribution in [0.2, 0.25) is 0 Å². The van der Waals surface area contributed by atoms with Crippen LogP contribution in [0.4, 0.5) is 0 Å². The molecule has 12 heavy (non-hydrogen) atoms. The zero-order valence-electron chi connectivity index (χ0n) is 6.92.